The molecule has 0 radical (unpaired) electrons. The van der Waals surface area contributed by atoms with Crippen LogP contribution in [-0.2, 0) is 11.3 Å². The van der Waals surface area contributed by atoms with Gasteiger partial charge >= 0.3 is 11.8 Å². The number of methoxy groups -OCH3 is 1. The number of carbonyl (C=O) groups is 2. The molecule has 1 aromatic heterocycles. The number of ether oxygens (including phenoxy) is 1. The first-order chi connectivity index (χ1) is 11.9. The van der Waals surface area contributed by atoms with Crippen molar-refractivity contribution in [2.24, 2.45) is 0 Å². The van der Waals surface area contributed by atoms with Crippen LogP contribution < -0.4 is 10.6 Å². The maximum Gasteiger partial charge on any atom is 0.407 e. The maximum atomic E-state index is 12.2. The van der Waals surface area contributed by atoms with Crippen molar-refractivity contribution in [1.29, 1.82) is 0 Å². The Morgan fingerprint density at radius 2 is 1.92 bits per heavy atom. The van der Waals surface area contributed by atoms with Gasteiger partial charge in [0.25, 0.3) is 5.91 Å². The van der Waals surface area contributed by atoms with Crippen molar-refractivity contribution in [2.45, 2.75) is 6.54 Å². The molecule has 2 N–H and O–H groups in total. The average molecular weight is 365 g/mol. The second-order valence-corrected chi connectivity index (χ2v) is 5.14. The summed E-state index contributed by atoms with van der Waals surface area (Å²) >= 11 is 5.71. The fourth-order valence-electron chi connectivity index (χ4n) is 1.87. The van der Waals surface area contributed by atoms with Crippen molar-refractivity contribution in [2.75, 3.05) is 12.4 Å². The fourth-order valence-corrected chi connectivity index (χ4v) is 2.01. The van der Waals surface area contributed by atoms with Crippen molar-refractivity contribution in [1.82, 2.24) is 10.3 Å². The van der Waals surface area contributed by atoms with Gasteiger partial charge in [0.15, 0.2) is 0 Å². The number of rotatable bonds is 5. The van der Waals surface area contributed by atoms with E-state index in [1.165, 1.54) is 25.3 Å². The number of hydrogen-bond donors (Lipinski definition) is 2. The monoisotopic (exact) mass is 364 g/mol. The normalized spacial score (nSPS) is 10.0. The van der Waals surface area contributed by atoms with E-state index in [1.54, 1.807) is 12.1 Å². The lowest BCUT2D eigenvalue weighted by atomic mass is 10.1. The van der Waals surface area contributed by atoms with Gasteiger partial charge in [-0.05, 0) is 23.8 Å². The summed E-state index contributed by atoms with van der Waals surface area (Å²) in [7, 11) is 1.26. The molecule has 2 amide bonds. The zero-order valence-electron chi connectivity index (χ0n) is 13.0. The third-order valence-corrected chi connectivity index (χ3v) is 3.32. The Morgan fingerprint density at radius 1 is 1.24 bits per heavy atom. The lowest BCUT2D eigenvalue weighted by Gasteiger charge is -2.07. The minimum Gasteiger partial charge on any atom is -0.453 e. The molecule has 0 aliphatic rings. The molecule has 0 saturated heterocycles. The summed E-state index contributed by atoms with van der Waals surface area (Å²) in [4.78, 5) is 37.3. The number of halogens is 1. The Bertz CT molecular complexity index is 810. The van der Waals surface area contributed by atoms with Gasteiger partial charge in [-0.2, -0.15) is 0 Å². The molecule has 0 unspecified atom stereocenters. The molecule has 130 valence electrons. The first-order valence-electron chi connectivity index (χ1n) is 6.93. The van der Waals surface area contributed by atoms with E-state index in [0.29, 0.717) is 0 Å². The summed E-state index contributed by atoms with van der Waals surface area (Å²) < 4.78 is 4.45. The predicted molar refractivity (Wildman–Crippen MR) is 89.5 cm³/mol. The van der Waals surface area contributed by atoms with Crippen LogP contribution in [0.25, 0.3) is 0 Å². The lowest BCUT2D eigenvalue weighted by Crippen LogP contribution is -2.22. The molecule has 0 atom stereocenters. The van der Waals surface area contributed by atoms with E-state index < -0.39 is 16.9 Å². The number of nitrogens with zero attached hydrogens (tertiary/aromatic N) is 2. The maximum absolute atomic E-state index is 12.2. The molecule has 0 spiro atoms. The minimum atomic E-state index is -0.666. The minimum absolute atomic E-state index is 0.0186. The van der Waals surface area contributed by atoms with Gasteiger partial charge in [-0.15, -0.1) is 0 Å². The quantitative estimate of drug-likeness (QED) is 0.477. The topological polar surface area (TPSA) is 123 Å². The first kappa shape index (κ1) is 18.1. The molecule has 1 heterocycles. The van der Waals surface area contributed by atoms with E-state index in [0.717, 1.165) is 11.6 Å². The van der Waals surface area contributed by atoms with Crippen molar-refractivity contribution in [3.05, 3.63) is 62.8 Å². The van der Waals surface area contributed by atoms with Gasteiger partial charge in [-0.3, -0.25) is 14.9 Å². The Kier molecular flexibility index (Phi) is 5.85. The molecule has 0 bridgehead atoms. The van der Waals surface area contributed by atoms with Crippen LogP contribution in [0.1, 0.15) is 15.9 Å². The molecular formula is C15H13ClN4O5. The van der Waals surface area contributed by atoms with Gasteiger partial charge in [0.2, 0.25) is 5.82 Å². The van der Waals surface area contributed by atoms with Gasteiger partial charge < -0.3 is 15.4 Å². The van der Waals surface area contributed by atoms with Crippen molar-refractivity contribution >= 4 is 35.1 Å². The largest absolute Gasteiger partial charge is 0.453 e. The number of pyridine rings is 1. The highest BCUT2D eigenvalue weighted by molar-refractivity contribution is 6.29. The zero-order chi connectivity index (χ0) is 18.4. The number of carbonyl (C=O) groups excluding carboxylic acids is 2. The molecule has 0 aliphatic carbocycles. The number of hydrogen-bond acceptors (Lipinski definition) is 6. The molecule has 25 heavy (non-hydrogen) atoms. The van der Waals surface area contributed by atoms with E-state index in [-0.39, 0.29) is 28.8 Å². The van der Waals surface area contributed by atoms with Crippen molar-refractivity contribution < 1.29 is 19.2 Å². The Morgan fingerprint density at radius 3 is 2.52 bits per heavy atom. The molecule has 2 rings (SSSR count). The standard InChI is InChI=1S/C15H13ClN4O5/c1-25-15(22)17-8-9-2-4-10(5-3-9)14(21)19-13-11(20(23)24)6-7-12(16)18-13/h2-7H,8H2,1H3,(H,17,22)(H,18,19,21). The number of amides is 2. The Labute approximate surface area is 147 Å². The van der Waals surface area contributed by atoms with Crippen LogP contribution in [-0.4, -0.2) is 29.0 Å². The van der Waals surface area contributed by atoms with E-state index in [4.69, 9.17) is 11.6 Å². The highest BCUT2D eigenvalue weighted by Crippen LogP contribution is 2.24. The molecule has 0 saturated carbocycles. The molecule has 1 aromatic carbocycles. The van der Waals surface area contributed by atoms with E-state index in [1.807, 2.05) is 0 Å². The van der Waals surface area contributed by atoms with E-state index in [9.17, 15) is 19.7 Å². The zero-order valence-corrected chi connectivity index (χ0v) is 13.7. The SMILES string of the molecule is COC(=O)NCc1ccc(C(=O)Nc2nc(Cl)ccc2[N+](=O)[O-])cc1. The fraction of sp³-hybridized carbons (Fsp3) is 0.133. The molecule has 0 fully saturated rings. The van der Waals surface area contributed by atoms with Crippen LogP contribution in [0.2, 0.25) is 5.15 Å². The average Bonchev–Trinajstić information content (AvgIpc) is 2.59. The third kappa shape index (κ3) is 4.88. The third-order valence-electron chi connectivity index (χ3n) is 3.11. The molecule has 0 aliphatic heterocycles. The van der Waals surface area contributed by atoms with Crippen LogP contribution in [0.15, 0.2) is 36.4 Å². The van der Waals surface area contributed by atoms with Crippen LogP contribution in [0.4, 0.5) is 16.3 Å². The summed E-state index contributed by atoms with van der Waals surface area (Å²) in [5, 5.41) is 15.9. The summed E-state index contributed by atoms with van der Waals surface area (Å²) in [5.74, 6) is -0.815. The van der Waals surface area contributed by atoms with Gasteiger partial charge in [0.1, 0.15) is 5.15 Å². The van der Waals surface area contributed by atoms with Gasteiger partial charge in [0.05, 0.1) is 12.0 Å². The van der Waals surface area contributed by atoms with E-state index in [2.05, 4.69) is 20.4 Å². The lowest BCUT2D eigenvalue weighted by molar-refractivity contribution is -0.384. The number of nitrogens with one attached hydrogen (secondary N) is 2. The van der Waals surface area contributed by atoms with E-state index >= 15 is 0 Å². The Hall–Kier alpha value is -3.20. The van der Waals surface area contributed by atoms with Crippen LogP contribution in [0.5, 0.6) is 0 Å². The van der Waals surface area contributed by atoms with Gasteiger partial charge in [-0.1, -0.05) is 23.7 Å². The predicted octanol–water partition coefficient (Wildman–Crippen LogP) is 2.75. The molecular weight excluding hydrogens is 352 g/mol. The molecule has 2 aromatic rings. The van der Waals surface area contributed by atoms with Gasteiger partial charge in [-0.25, -0.2) is 9.78 Å². The second kappa shape index (κ2) is 8.06. The van der Waals surface area contributed by atoms with Gasteiger partial charge in [0, 0.05) is 18.2 Å². The number of anilines is 1. The van der Waals surface area contributed by atoms with Crippen LogP contribution in [0, 0.1) is 10.1 Å². The summed E-state index contributed by atoms with van der Waals surface area (Å²) in [5.41, 5.74) is 0.642. The van der Waals surface area contributed by atoms with Crippen molar-refractivity contribution in [3.63, 3.8) is 0 Å². The smallest absolute Gasteiger partial charge is 0.407 e. The number of alkyl carbamates (subject to hydrolysis) is 1. The highest BCUT2D eigenvalue weighted by atomic mass is 35.5. The van der Waals surface area contributed by atoms with Crippen LogP contribution in [0.3, 0.4) is 0 Å². The number of benzene rings is 1. The summed E-state index contributed by atoms with van der Waals surface area (Å²) in [6.07, 6.45) is -0.568. The molecule has 9 nitrogen and oxygen atoms in total. The van der Waals surface area contributed by atoms with Crippen LogP contribution >= 0.6 is 11.6 Å². The van der Waals surface area contributed by atoms with Crippen molar-refractivity contribution in [3.8, 4) is 0 Å². The number of nitro groups is 1. The molecule has 10 heteroatoms. The first-order valence-corrected chi connectivity index (χ1v) is 7.31. The Balaban J connectivity index is 2.10. The summed E-state index contributed by atoms with van der Waals surface area (Å²) in [6, 6.07) is 8.71. The number of aromatic nitrogens is 1. The highest BCUT2D eigenvalue weighted by Gasteiger charge is 2.18. The second-order valence-electron chi connectivity index (χ2n) is 4.76. The summed E-state index contributed by atoms with van der Waals surface area (Å²) in [6.45, 7) is 0.232.